The third kappa shape index (κ3) is 4.35. The fraction of sp³-hybridized carbons (Fsp3) is 0.0833. The minimum Gasteiger partial charge on any atom is -0.342 e. The number of benzene rings is 3. The Bertz CT molecular complexity index is 1290. The highest BCUT2D eigenvalue weighted by Gasteiger charge is 2.18. The second-order valence-electron chi connectivity index (χ2n) is 7.19. The number of fused-ring (bicyclic) bond motifs is 1. The number of para-hydroxylation sites is 2. The van der Waals surface area contributed by atoms with E-state index in [0.29, 0.717) is 6.54 Å². The van der Waals surface area contributed by atoms with E-state index in [9.17, 15) is 14.9 Å². The van der Waals surface area contributed by atoms with Gasteiger partial charge in [-0.3, -0.25) is 14.9 Å². The van der Waals surface area contributed by atoms with Crippen molar-refractivity contribution in [1.82, 2.24) is 9.99 Å². The highest BCUT2D eigenvalue weighted by Crippen LogP contribution is 2.22. The van der Waals surface area contributed by atoms with Gasteiger partial charge in [0.15, 0.2) is 0 Å². The highest BCUT2D eigenvalue weighted by molar-refractivity contribution is 6.01. The first-order valence-electron chi connectivity index (χ1n) is 9.73. The zero-order valence-corrected chi connectivity index (χ0v) is 16.9. The van der Waals surface area contributed by atoms with Gasteiger partial charge in [-0.25, -0.2) is 5.43 Å². The van der Waals surface area contributed by atoms with E-state index in [1.807, 2.05) is 30.5 Å². The molecular formula is C24H20N4O3. The lowest BCUT2D eigenvalue weighted by Gasteiger charge is -2.06. The van der Waals surface area contributed by atoms with Gasteiger partial charge in [0.1, 0.15) is 5.56 Å². The van der Waals surface area contributed by atoms with E-state index in [2.05, 4.69) is 46.3 Å². The summed E-state index contributed by atoms with van der Waals surface area (Å²) in [6.45, 7) is 2.76. The maximum absolute atomic E-state index is 12.4. The number of nitrogens with zero attached hydrogens (tertiary/aromatic N) is 3. The van der Waals surface area contributed by atoms with E-state index in [4.69, 9.17) is 0 Å². The summed E-state index contributed by atoms with van der Waals surface area (Å²) in [7, 11) is 0. The molecule has 7 heteroatoms. The summed E-state index contributed by atoms with van der Waals surface area (Å²) in [4.78, 5) is 22.9. The van der Waals surface area contributed by atoms with E-state index >= 15 is 0 Å². The summed E-state index contributed by atoms with van der Waals surface area (Å²) in [5.41, 5.74) is 6.37. The first-order valence-corrected chi connectivity index (χ1v) is 9.73. The van der Waals surface area contributed by atoms with Gasteiger partial charge < -0.3 is 4.57 Å². The second-order valence-corrected chi connectivity index (χ2v) is 7.19. The number of hydrogen-bond acceptors (Lipinski definition) is 4. The number of nitro groups is 1. The quantitative estimate of drug-likeness (QED) is 0.283. The zero-order valence-electron chi connectivity index (χ0n) is 16.9. The molecule has 0 saturated heterocycles. The maximum Gasteiger partial charge on any atom is 0.282 e. The van der Waals surface area contributed by atoms with Gasteiger partial charge >= 0.3 is 0 Å². The van der Waals surface area contributed by atoms with E-state index in [0.717, 1.165) is 16.5 Å². The second kappa shape index (κ2) is 8.62. The molecule has 0 radical (unpaired) electrons. The molecule has 31 heavy (non-hydrogen) atoms. The van der Waals surface area contributed by atoms with Gasteiger partial charge in [0.2, 0.25) is 0 Å². The van der Waals surface area contributed by atoms with Crippen LogP contribution in [0, 0.1) is 17.0 Å². The van der Waals surface area contributed by atoms with E-state index < -0.39 is 10.8 Å². The van der Waals surface area contributed by atoms with Crippen LogP contribution >= 0.6 is 0 Å². The van der Waals surface area contributed by atoms with Gasteiger partial charge in [0.25, 0.3) is 11.6 Å². The normalized spacial score (nSPS) is 11.1. The standard InChI is InChI=1S/C24H20N4O3/c1-17-10-12-18(13-11-17)15-27-16-19(20-6-2-4-8-22(20)27)14-25-26-24(29)21-7-3-5-9-23(21)28(30)31/h2-14,16H,15H2,1H3,(H,26,29)/b25-14-. The smallest absolute Gasteiger partial charge is 0.282 e. The molecule has 154 valence electrons. The topological polar surface area (TPSA) is 89.5 Å². The molecule has 0 aliphatic heterocycles. The summed E-state index contributed by atoms with van der Waals surface area (Å²) >= 11 is 0. The zero-order chi connectivity index (χ0) is 21.8. The van der Waals surface area contributed by atoms with E-state index in [1.165, 1.54) is 29.3 Å². The minimum atomic E-state index is -0.632. The van der Waals surface area contributed by atoms with Crippen LogP contribution in [0.25, 0.3) is 10.9 Å². The van der Waals surface area contributed by atoms with Gasteiger partial charge in [-0.15, -0.1) is 0 Å². The van der Waals surface area contributed by atoms with Crippen LogP contribution in [-0.4, -0.2) is 21.6 Å². The van der Waals surface area contributed by atoms with Crippen LogP contribution in [0.15, 0.2) is 84.1 Å². The Morgan fingerprint density at radius 3 is 2.55 bits per heavy atom. The Hall–Kier alpha value is -4.26. The summed E-state index contributed by atoms with van der Waals surface area (Å²) < 4.78 is 2.13. The van der Waals surface area contributed by atoms with Crippen LogP contribution in [0.1, 0.15) is 27.0 Å². The summed E-state index contributed by atoms with van der Waals surface area (Å²) in [6.07, 6.45) is 3.53. The number of aromatic nitrogens is 1. The lowest BCUT2D eigenvalue weighted by atomic mass is 10.1. The Morgan fingerprint density at radius 1 is 1.06 bits per heavy atom. The molecule has 0 aliphatic rings. The molecule has 1 N–H and O–H groups in total. The maximum atomic E-state index is 12.4. The molecule has 0 fully saturated rings. The predicted molar refractivity (Wildman–Crippen MR) is 120 cm³/mol. The number of rotatable bonds is 6. The molecular weight excluding hydrogens is 392 g/mol. The highest BCUT2D eigenvalue weighted by atomic mass is 16.6. The molecule has 3 aromatic carbocycles. The number of hydrogen-bond donors (Lipinski definition) is 1. The van der Waals surface area contributed by atoms with Gasteiger partial charge in [0.05, 0.1) is 11.1 Å². The third-order valence-corrected chi connectivity index (χ3v) is 5.01. The van der Waals surface area contributed by atoms with Crippen molar-refractivity contribution in [2.75, 3.05) is 0 Å². The number of amides is 1. The van der Waals surface area contributed by atoms with Crippen molar-refractivity contribution in [2.24, 2.45) is 5.10 Å². The van der Waals surface area contributed by atoms with Crippen molar-refractivity contribution in [3.05, 3.63) is 111 Å². The van der Waals surface area contributed by atoms with Crippen LogP contribution in [0.3, 0.4) is 0 Å². The minimum absolute atomic E-state index is 0.0357. The van der Waals surface area contributed by atoms with Crippen LogP contribution in [0.4, 0.5) is 5.69 Å². The summed E-state index contributed by atoms with van der Waals surface area (Å²) in [5.74, 6) is -0.632. The van der Waals surface area contributed by atoms with Gasteiger partial charge in [-0.2, -0.15) is 5.10 Å². The predicted octanol–water partition coefficient (Wildman–Crippen LogP) is 4.67. The largest absolute Gasteiger partial charge is 0.342 e. The van der Waals surface area contributed by atoms with Crippen molar-refractivity contribution in [3.63, 3.8) is 0 Å². The lowest BCUT2D eigenvalue weighted by Crippen LogP contribution is -2.18. The molecule has 0 bridgehead atoms. The molecule has 1 amide bonds. The summed E-state index contributed by atoms with van der Waals surface area (Å²) in [5, 5.41) is 16.2. The lowest BCUT2D eigenvalue weighted by molar-refractivity contribution is -0.385. The van der Waals surface area contributed by atoms with Crippen molar-refractivity contribution < 1.29 is 9.72 Å². The van der Waals surface area contributed by atoms with Crippen LogP contribution < -0.4 is 5.43 Å². The Kier molecular flexibility index (Phi) is 5.57. The van der Waals surface area contributed by atoms with Crippen LogP contribution in [0.2, 0.25) is 0 Å². The summed E-state index contributed by atoms with van der Waals surface area (Å²) in [6, 6.07) is 22.1. The average Bonchev–Trinajstić information content (AvgIpc) is 3.12. The van der Waals surface area contributed by atoms with Gasteiger partial charge in [-0.05, 0) is 24.6 Å². The number of nitrogens with one attached hydrogen (secondary N) is 1. The average molecular weight is 412 g/mol. The Morgan fingerprint density at radius 2 is 1.77 bits per heavy atom. The van der Waals surface area contributed by atoms with Crippen LogP contribution in [0.5, 0.6) is 0 Å². The molecule has 0 spiro atoms. The molecule has 1 heterocycles. The Labute approximate surface area is 178 Å². The number of aryl methyl sites for hydroxylation is 1. The molecule has 1 aromatic heterocycles. The first-order chi connectivity index (χ1) is 15.0. The molecule has 0 saturated carbocycles. The fourth-order valence-corrected chi connectivity index (χ4v) is 3.44. The number of carbonyl (C=O) groups excluding carboxylic acids is 1. The van der Waals surface area contributed by atoms with Crippen molar-refractivity contribution in [1.29, 1.82) is 0 Å². The van der Waals surface area contributed by atoms with E-state index in [-0.39, 0.29) is 11.3 Å². The molecule has 4 aromatic rings. The van der Waals surface area contributed by atoms with Crippen LogP contribution in [-0.2, 0) is 6.54 Å². The van der Waals surface area contributed by atoms with E-state index in [1.54, 1.807) is 12.3 Å². The van der Waals surface area contributed by atoms with Crippen molar-refractivity contribution >= 4 is 28.7 Å². The number of nitro benzene ring substituents is 1. The SMILES string of the molecule is Cc1ccc(Cn2cc(/C=N\NC(=O)c3ccccc3[N+](=O)[O-])c3ccccc32)cc1. The number of hydrazone groups is 1. The van der Waals surface area contributed by atoms with Crippen molar-refractivity contribution in [3.8, 4) is 0 Å². The number of carbonyl (C=O) groups is 1. The van der Waals surface area contributed by atoms with Crippen molar-refractivity contribution in [2.45, 2.75) is 13.5 Å². The molecule has 4 rings (SSSR count). The first kappa shape index (κ1) is 20.0. The Balaban J connectivity index is 1.57. The molecule has 7 nitrogen and oxygen atoms in total. The molecule has 0 aliphatic carbocycles. The van der Waals surface area contributed by atoms with Gasteiger partial charge in [0, 0.05) is 35.3 Å². The molecule has 0 unspecified atom stereocenters. The fourth-order valence-electron chi connectivity index (χ4n) is 3.44. The third-order valence-electron chi connectivity index (χ3n) is 5.01. The molecule has 0 atom stereocenters. The monoisotopic (exact) mass is 412 g/mol. The van der Waals surface area contributed by atoms with Gasteiger partial charge in [-0.1, -0.05) is 60.2 Å².